The molecule has 1 unspecified atom stereocenters. The number of nitrogens with zero attached hydrogens (tertiary/aromatic N) is 3. The van der Waals surface area contributed by atoms with E-state index in [1.807, 2.05) is 13.8 Å². The van der Waals surface area contributed by atoms with Crippen molar-refractivity contribution in [1.29, 1.82) is 0 Å². The van der Waals surface area contributed by atoms with Gasteiger partial charge in [0.25, 0.3) is 0 Å². The number of nitrogens with one attached hydrogen (secondary N) is 1. The molecule has 1 aliphatic heterocycles. The van der Waals surface area contributed by atoms with E-state index >= 15 is 0 Å². The average molecular weight is 272 g/mol. The predicted molar refractivity (Wildman–Crippen MR) is 70.7 cm³/mol. The van der Waals surface area contributed by atoms with Gasteiger partial charge in [-0.2, -0.15) is 5.06 Å². The van der Waals surface area contributed by atoms with E-state index in [2.05, 4.69) is 12.2 Å². The summed E-state index contributed by atoms with van der Waals surface area (Å²) in [6.07, 6.45) is 1.16. The Morgan fingerprint density at radius 3 is 2.58 bits per heavy atom. The minimum absolute atomic E-state index is 0.175. The molecule has 1 saturated heterocycles. The molecule has 0 bridgehead atoms. The van der Waals surface area contributed by atoms with Crippen molar-refractivity contribution in [3.63, 3.8) is 0 Å². The van der Waals surface area contributed by atoms with Gasteiger partial charge in [0, 0.05) is 20.6 Å². The van der Waals surface area contributed by atoms with Crippen molar-refractivity contribution in [3.8, 4) is 0 Å². The first-order valence-electron chi connectivity index (χ1n) is 6.53. The molecule has 0 aromatic rings. The maximum absolute atomic E-state index is 12.2. The molecular weight excluding hydrogens is 248 g/mol. The second-order valence-electron chi connectivity index (χ2n) is 5.33. The molecule has 110 valence electrons. The zero-order chi connectivity index (χ0) is 14.8. The maximum atomic E-state index is 12.2. The highest BCUT2D eigenvalue weighted by molar-refractivity contribution is 5.80. The van der Waals surface area contributed by atoms with Crippen molar-refractivity contribution < 1.29 is 14.8 Å². The van der Waals surface area contributed by atoms with Crippen LogP contribution in [0.2, 0.25) is 0 Å². The molecule has 1 aliphatic rings. The summed E-state index contributed by atoms with van der Waals surface area (Å²) in [4.78, 5) is 26.9. The van der Waals surface area contributed by atoms with Gasteiger partial charge in [-0.25, -0.2) is 9.59 Å². The lowest BCUT2D eigenvalue weighted by atomic mass is 10.00. The fourth-order valence-corrected chi connectivity index (χ4v) is 2.54. The lowest BCUT2D eigenvalue weighted by Crippen LogP contribution is -2.58. The van der Waals surface area contributed by atoms with Gasteiger partial charge in [0.05, 0.1) is 5.54 Å². The highest BCUT2D eigenvalue weighted by Gasteiger charge is 2.53. The van der Waals surface area contributed by atoms with Crippen LogP contribution in [0, 0.1) is 0 Å². The van der Waals surface area contributed by atoms with Crippen molar-refractivity contribution in [2.75, 3.05) is 20.6 Å². The molecule has 0 spiro atoms. The van der Waals surface area contributed by atoms with E-state index in [1.54, 1.807) is 11.9 Å². The van der Waals surface area contributed by atoms with Gasteiger partial charge >= 0.3 is 12.1 Å². The number of rotatable bonds is 4. The smallest absolute Gasteiger partial charge is 0.339 e. The molecule has 7 nitrogen and oxygen atoms in total. The molecule has 4 amide bonds. The van der Waals surface area contributed by atoms with Crippen molar-refractivity contribution in [3.05, 3.63) is 0 Å². The molecule has 0 aromatic carbocycles. The van der Waals surface area contributed by atoms with Gasteiger partial charge in [-0.1, -0.05) is 13.3 Å². The normalized spacial score (nSPS) is 21.8. The van der Waals surface area contributed by atoms with Gasteiger partial charge in [0.1, 0.15) is 0 Å². The number of urea groups is 2. The van der Waals surface area contributed by atoms with E-state index in [9.17, 15) is 14.8 Å². The molecule has 1 fully saturated rings. The van der Waals surface area contributed by atoms with Crippen LogP contribution in [-0.2, 0) is 0 Å². The Bertz CT molecular complexity index is 359. The number of hydrogen-bond acceptors (Lipinski definition) is 3. The van der Waals surface area contributed by atoms with Gasteiger partial charge in [0.2, 0.25) is 0 Å². The molecule has 2 N–H and O–H groups in total. The Morgan fingerprint density at radius 2 is 2.11 bits per heavy atom. The van der Waals surface area contributed by atoms with E-state index in [-0.39, 0.29) is 6.03 Å². The summed E-state index contributed by atoms with van der Waals surface area (Å²) in [6, 6.07) is -0.804. The lowest BCUT2D eigenvalue weighted by molar-refractivity contribution is -0.129. The third kappa shape index (κ3) is 2.60. The largest absolute Gasteiger partial charge is 0.342 e. The number of hydroxylamine groups is 2. The molecule has 1 heterocycles. The molecule has 7 heteroatoms. The van der Waals surface area contributed by atoms with E-state index in [0.717, 1.165) is 12.8 Å². The Balaban J connectivity index is 2.99. The van der Waals surface area contributed by atoms with E-state index in [1.165, 1.54) is 11.9 Å². The van der Waals surface area contributed by atoms with Gasteiger partial charge in [0.15, 0.2) is 6.17 Å². The third-order valence-electron chi connectivity index (χ3n) is 3.62. The van der Waals surface area contributed by atoms with Gasteiger partial charge in [-0.05, 0) is 20.3 Å². The number of hydrogen-bond donors (Lipinski definition) is 2. The van der Waals surface area contributed by atoms with Crippen LogP contribution in [0.5, 0.6) is 0 Å². The zero-order valence-electron chi connectivity index (χ0n) is 12.3. The van der Waals surface area contributed by atoms with Gasteiger partial charge in [-0.15, -0.1) is 0 Å². The van der Waals surface area contributed by atoms with Gasteiger partial charge < -0.3 is 15.1 Å². The van der Waals surface area contributed by atoms with Crippen molar-refractivity contribution in [2.24, 2.45) is 0 Å². The maximum Gasteiger partial charge on any atom is 0.342 e. The Hall–Kier alpha value is -1.50. The molecule has 1 rings (SSSR count). The molecule has 0 saturated carbocycles. The van der Waals surface area contributed by atoms with Crippen LogP contribution in [-0.4, -0.2) is 64.5 Å². The van der Waals surface area contributed by atoms with Crippen LogP contribution in [0.1, 0.15) is 33.6 Å². The quantitative estimate of drug-likeness (QED) is 0.598. The summed E-state index contributed by atoms with van der Waals surface area (Å²) in [5.41, 5.74) is -0.651. The van der Waals surface area contributed by atoms with Crippen LogP contribution in [0.15, 0.2) is 0 Å². The summed E-state index contributed by atoms with van der Waals surface area (Å²) < 4.78 is 0. The first-order valence-corrected chi connectivity index (χ1v) is 6.53. The number of carbonyl (C=O) groups excluding carboxylic acids is 2. The highest BCUT2D eigenvalue weighted by Crippen LogP contribution is 2.33. The second-order valence-corrected chi connectivity index (χ2v) is 5.33. The highest BCUT2D eigenvalue weighted by atomic mass is 16.5. The average Bonchev–Trinajstić information content (AvgIpc) is 2.52. The summed E-state index contributed by atoms with van der Waals surface area (Å²) in [7, 11) is 3.02. The second kappa shape index (κ2) is 5.64. The lowest BCUT2D eigenvalue weighted by Gasteiger charge is -2.37. The van der Waals surface area contributed by atoms with Crippen LogP contribution in [0.3, 0.4) is 0 Å². The minimum Gasteiger partial charge on any atom is -0.339 e. The summed E-state index contributed by atoms with van der Waals surface area (Å²) >= 11 is 0. The van der Waals surface area contributed by atoms with Crippen molar-refractivity contribution >= 4 is 12.1 Å². The number of unbranched alkanes of at least 4 members (excludes halogenated alkanes) is 1. The third-order valence-corrected chi connectivity index (χ3v) is 3.62. The monoisotopic (exact) mass is 272 g/mol. The molecule has 19 heavy (non-hydrogen) atoms. The van der Waals surface area contributed by atoms with E-state index in [4.69, 9.17) is 0 Å². The summed E-state index contributed by atoms with van der Waals surface area (Å²) in [5, 5.41) is 12.9. The molecule has 1 atom stereocenters. The fraction of sp³-hybridized carbons (Fsp3) is 0.833. The van der Waals surface area contributed by atoms with E-state index in [0.29, 0.717) is 11.6 Å². The van der Waals surface area contributed by atoms with Crippen LogP contribution in [0.25, 0.3) is 0 Å². The number of carbonyl (C=O) groups is 2. The SMILES string of the molecule is CCCCN1C(=O)N(C)C(N(O)C(=O)NC)C1(C)C. The van der Waals surface area contributed by atoms with Crippen LogP contribution in [0.4, 0.5) is 9.59 Å². The number of amides is 4. The Morgan fingerprint density at radius 1 is 1.53 bits per heavy atom. The molecule has 0 aromatic heterocycles. The zero-order valence-corrected chi connectivity index (χ0v) is 12.3. The standard InChI is InChI=1S/C12H24N4O3/c1-6-7-8-15-11(18)14(5)9(12(15,2)3)16(19)10(17)13-4/h9,19H,6-8H2,1-5H3,(H,13,17). The van der Waals surface area contributed by atoms with Gasteiger partial charge in [-0.3, -0.25) is 5.21 Å². The van der Waals surface area contributed by atoms with Crippen molar-refractivity contribution in [1.82, 2.24) is 20.2 Å². The summed E-state index contributed by atoms with van der Waals surface area (Å²) in [5.74, 6) is 0. The summed E-state index contributed by atoms with van der Waals surface area (Å²) in [6.45, 7) is 6.37. The first-order chi connectivity index (χ1) is 8.78. The fourth-order valence-electron chi connectivity index (χ4n) is 2.54. The van der Waals surface area contributed by atoms with E-state index < -0.39 is 17.7 Å². The van der Waals surface area contributed by atoms with Crippen LogP contribution < -0.4 is 5.32 Å². The van der Waals surface area contributed by atoms with Crippen LogP contribution >= 0.6 is 0 Å². The first kappa shape index (κ1) is 15.6. The molecular formula is C12H24N4O3. The number of likely N-dealkylation sites (N-methyl/N-ethyl adjacent to an activating group) is 1. The Kier molecular flexibility index (Phi) is 4.62. The van der Waals surface area contributed by atoms with Crippen molar-refractivity contribution in [2.45, 2.75) is 45.3 Å². The predicted octanol–water partition coefficient (Wildman–Crippen LogP) is 1.29. The topological polar surface area (TPSA) is 76.1 Å². The molecule has 0 aliphatic carbocycles. The Labute approximate surface area is 114 Å². The minimum atomic E-state index is -0.711. The molecule has 0 radical (unpaired) electrons.